The van der Waals surface area contributed by atoms with E-state index in [1.54, 1.807) is 0 Å². The van der Waals surface area contributed by atoms with Crippen molar-refractivity contribution >= 4 is 16.0 Å². The summed E-state index contributed by atoms with van der Waals surface area (Å²) in [6.45, 7) is 2.94. The Labute approximate surface area is 110 Å². The first kappa shape index (κ1) is 15.2. The van der Waals surface area contributed by atoms with Crippen molar-refractivity contribution in [3.05, 3.63) is 0 Å². The Hall–Kier alpha value is -0.820. The molecule has 0 radical (unpaired) electrons. The molecule has 0 atom stereocenters. The fraction of sp³-hybridized carbons (Fsp3) is 0.909. The third-order valence-corrected chi connectivity index (χ3v) is 3.63. The molecule has 0 aromatic rings. The fourth-order valence-electron chi connectivity index (χ4n) is 1.93. The van der Waals surface area contributed by atoms with E-state index in [0.29, 0.717) is 25.5 Å². The minimum Gasteiger partial charge on any atom is -0.370 e. The van der Waals surface area contributed by atoms with Crippen LogP contribution >= 0.6 is 0 Å². The van der Waals surface area contributed by atoms with Crippen LogP contribution < -0.4 is 10.5 Å². The largest absolute Gasteiger partial charge is 0.370 e. The molecule has 3 N–H and O–H groups in total. The van der Waals surface area contributed by atoms with Crippen LogP contribution in [-0.2, 0) is 10.0 Å². The van der Waals surface area contributed by atoms with Crippen LogP contribution in [0.3, 0.4) is 0 Å². The summed E-state index contributed by atoms with van der Waals surface area (Å²) in [6, 6.07) is 0. The lowest BCUT2D eigenvalue weighted by molar-refractivity contribution is 0.428. The van der Waals surface area contributed by atoms with E-state index in [-0.39, 0.29) is 0 Å². The average Bonchev–Trinajstić information content (AvgIpc) is 2.55. The summed E-state index contributed by atoms with van der Waals surface area (Å²) >= 11 is 0. The average molecular weight is 276 g/mol. The SMILES string of the molecule is CS(=O)(=O)NCCCN=C(N)N1CCCCCC1. The smallest absolute Gasteiger partial charge is 0.208 e. The fourth-order valence-corrected chi connectivity index (χ4v) is 2.45. The Balaban J connectivity index is 2.24. The summed E-state index contributed by atoms with van der Waals surface area (Å²) in [4.78, 5) is 6.42. The highest BCUT2D eigenvalue weighted by molar-refractivity contribution is 7.88. The molecule has 1 heterocycles. The Bertz CT molecular complexity index is 359. The molecule has 1 fully saturated rings. The quantitative estimate of drug-likeness (QED) is 0.424. The first-order valence-electron chi connectivity index (χ1n) is 6.48. The van der Waals surface area contributed by atoms with Crippen LogP contribution in [0.2, 0.25) is 0 Å². The van der Waals surface area contributed by atoms with E-state index in [2.05, 4.69) is 14.6 Å². The molecule has 106 valence electrons. The van der Waals surface area contributed by atoms with Gasteiger partial charge >= 0.3 is 0 Å². The summed E-state index contributed by atoms with van der Waals surface area (Å²) in [5.41, 5.74) is 5.92. The van der Waals surface area contributed by atoms with E-state index >= 15 is 0 Å². The van der Waals surface area contributed by atoms with Gasteiger partial charge in [-0.2, -0.15) is 0 Å². The molecule has 0 unspecified atom stereocenters. The maximum absolute atomic E-state index is 10.8. The van der Waals surface area contributed by atoms with Crippen molar-refractivity contribution in [2.24, 2.45) is 10.7 Å². The molecular formula is C11H24N4O2S. The summed E-state index contributed by atoms with van der Waals surface area (Å²) in [5.74, 6) is 0.594. The number of hydrogen-bond donors (Lipinski definition) is 2. The van der Waals surface area contributed by atoms with Gasteiger partial charge in [0.2, 0.25) is 10.0 Å². The molecule has 0 aromatic carbocycles. The zero-order valence-electron chi connectivity index (χ0n) is 11.1. The third kappa shape index (κ3) is 6.80. The van der Waals surface area contributed by atoms with Crippen molar-refractivity contribution in [1.82, 2.24) is 9.62 Å². The maximum Gasteiger partial charge on any atom is 0.208 e. The first-order chi connectivity index (χ1) is 8.49. The van der Waals surface area contributed by atoms with Gasteiger partial charge in [-0.15, -0.1) is 0 Å². The molecular weight excluding hydrogens is 252 g/mol. The maximum atomic E-state index is 10.8. The standard InChI is InChI=1S/C11H24N4O2S/c1-18(16,17)14-8-6-7-13-11(12)15-9-4-2-3-5-10-15/h14H,2-10H2,1H3,(H2,12,13). The van der Waals surface area contributed by atoms with Gasteiger partial charge in [0.05, 0.1) is 6.26 Å². The number of nitrogens with two attached hydrogens (primary N) is 1. The molecule has 0 bridgehead atoms. The van der Waals surface area contributed by atoms with Gasteiger partial charge in [0.1, 0.15) is 0 Å². The Morgan fingerprint density at radius 1 is 1.28 bits per heavy atom. The van der Waals surface area contributed by atoms with Crippen molar-refractivity contribution in [3.8, 4) is 0 Å². The molecule has 6 nitrogen and oxygen atoms in total. The Kier molecular flexibility index (Phi) is 6.42. The highest BCUT2D eigenvalue weighted by Crippen LogP contribution is 2.08. The Morgan fingerprint density at radius 3 is 2.44 bits per heavy atom. The minimum atomic E-state index is -3.09. The van der Waals surface area contributed by atoms with Gasteiger partial charge < -0.3 is 10.6 Å². The van der Waals surface area contributed by atoms with E-state index in [1.807, 2.05) is 0 Å². The number of nitrogens with one attached hydrogen (secondary N) is 1. The third-order valence-electron chi connectivity index (χ3n) is 2.90. The molecule has 1 saturated heterocycles. The number of nitrogens with zero attached hydrogens (tertiary/aromatic N) is 2. The predicted octanol–water partition coefficient (Wildman–Crippen LogP) is 0.116. The van der Waals surface area contributed by atoms with Crippen molar-refractivity contribution in [2.75, 3.05) is 32.4 Å². The highest BCUT2D eigenvalue weighted by Gasteiger charge is 2.10. The molecule has 0 saturated carbocycles. The topological polar surface area (TPSA) is 87.8 Å². The van der Waals surface area contributed by atoms with Crippen LogP contribution in [0, 0.1) is 0 Å². The second-order valence-electron chi connectivity index (χ2n) is 4.66. The van der Waals surface area contributed by atoms with Crippen molar-refractivity contribution < 1.29 is 8.42 Å². The van der Waals surface area contributed by atoms with E-state index in [1.165, 1.54) is 25.7 Å². The molecule has 0 aliphatic carbocycles. The van der Waals surface area contributed by atoms with Gasteiger partial charge in [-0.3, -0.25) is 4.99 Å². The molecule has 7 heteroatoms. The summed E-state index contributed by atoms with van der Waals surface area (Å²) in [7, 11) is -3.09. The molecule has 18 heavy (non-hydrogen) atoms. The number of hydrogen-bond acceptors (Lipinski definition) is 3. The number of aliphatic imine (C=N–C) groups is 1. The van der Waals surface area contributed by atoms with Crippen LogP contribution in [0.1, 0.15) is 32.1 Å². The summed E-state index contributed by atoms with van der Waals surface area (Å²) in [6.07, 6.45) is 6.70. The van der Waals surface area contributed by atoms with E-state index in [9.17, 15) is 8.42 Å². The molecule has 1 aliphatic rings. The second-order valence-corrected chi connectivity index (χ2v) is 6.49. The van der Waals surface area contributed by atoms with Crippen molar-refractivity contribution in [3.63, 3.8) is 0 Å². The van der Waals surface area contributed by atoms with Crippen LogP contribution in [-0.4, -0.2) is 51.7 Å². The second kappa shape index (κ2) is 7.58. The van der Waals surface area contributed by atoms with Crippen LogP contribution in [0.15, 0.2) is 4.99 Å². The molecule has 0 amide bonds. The number of guanidine groups is 1. The highest BCUT2D eigenvalue weighted by atomic mass is 32.2. The van der Waals surface area contributed by atoms with Gasteiger partial charge in [-0.25, -0.2) is 13.1 Å². The van der Waals surface area contributed by atoms with E-state index in [4.69, 9.17) is 5.73 Å². The molecule has 0 aromatic heterocycles. The Morgan fingerprint density at radius 2 is 1.89 bits per heavy atom. The van der Waals surface area contributed by atoms with Gasteiger partial charge in [-0.05, 0) is 19.3 Å². The number of sulfonamides is 1. The minimum absolute atomic E-state index is 0.412. The zero-order valence-corrected chi connectivity index (χ0v) is 11.9. The van der Waals surface area contributed by atoms with E-state index < -0.39 is 10.0 Å². The lowest BCUT2D eigenvalue weighted by Crippen LogP contribution is -2.38. The number of rotatable bonds is 5. The van der Waals surface area contributed by atoms with Gasteiger partial charge in [0.25, 0.3) is 0 Å². The zero-order chi connectivity index (χ0) is 13.4. The van der Waals surface area contributed by atoms with Crippen molar-refractivity contribution in [1.29, 1.82) is 0 Å². The normalized spacial score (nSPS) is 18.7. The van der Waals surface area contributed by atoms with Crippen LogP contribution in [0.4, 0.5) is 0 Å². The van der Waals surface area contributed by atoms with Gasteiger partial charge in [0.15, 0.2) is 5.96 Å². The van der Waals surface area contributed by atoms with Gasteiger partial charge in [-0.1, -0.05) is 12.8 Å². The number of likely N-dealkylation sites (tertiary alicyclic amines) is 1. The summed E-state index contributed by atoms with van der Waals surface area (Å²) in [5, 5.41) is 0. The molecule has 1 aliphatic heterocycles. The predicted molar refractivity (Wildman–Crippen MR) is 74.0 cm³/mol. The van der Waals surface area contributed by atoms with Gasteiger partial charge in [0, 0.05) is 26.2 Å². The lowest BCUT2D eigenvalue weighted by atomic mass is 10.2. The summed E-state index contributed by atoms with van der Waals surface area (Å²) < 4.78 is 24.1. The monoisotopic (exact) mass is 276 g/mol. The first-order valence-corrected chi connectivity index (χ1v) is 8.38. The molecule has 0 spiro atoms. The van der Waals surface area contributed by atoms with Crippen molar-refractivity contribution in [2.45, 2.75) is 32.1 Å². The van der Waals surface area contributed by atoms with E-state index in [0.717, 1.165) is 19.3 Å². The lowest BCUT2D eigenvalue weighted by Gasteiger charge is -2.21. The van der Waals surface area contributed by atoms with Crippen LogP contribution in [0.5, 0.6) is 0 Å². The molecule has 1 rings (SSSR count). The van der Waals surface area contributed by atoms with Crippen LogP contribution in [0.25, 0.3) is 0 Å².